The van der Waals surface area contributed by atoms with Gasteiger partial charge in [-0.3, -0.25) is 9.59 Å². The lowest BCUT2D eigenvalue weighted by atomic mass is 10.1. The first kappa shape index (κ1) is 22.1. The second-order valence-electron chi connectivity index (χ2n) is 8.17. The zero-order valence-corrected chi connectivity index (χ0v) is 18.7. The van der Waals surface area contributed by atoms with E-state index in [1.807, 2.05) is 4.90 Å². The van der Waals surface area contributed by atoms with Gasteiger partial charge in [-0.1, -0.05) is 24.4 Å². The summed E-state index contributed by atoms with van der Waals surface area (Å²) in [5, 5.41) is 6.26. The average Bonchev–Trinajstić information content (AvgIpc) is 3.03. The van der Waals surface area contributed by atoms with Gasteiger partial charge in [0.15, 0.2) is 0 Å². The average molecular weight is 455 g/mol. The van der Waals surface area contributed by atoms with E-state index < -0.39 is 0 Å². The van der Waals surface area contributed by atoms with Crippen LogP contribution in [0.1, 0.15) is 48.9 Å². The van der Waals surface area contributed by atoms with Crippen molar-refractivity contribution in [3.63, 3.8) is 0 Å². The van der Waals surface area contributed by atoms with E-state index in [9.17, 15) is 14.4 Å². The number of halogens is 1. The first-order valence-corrected chi connectivity index (χ1v) is 11.5. The molecule has 0 radical (unpaired) electrons. The topological polar surface area (TPSA) is 81.8 Å². The van der Waals surface area contributed by atoms with Gasteiger partial charge in [0.05, 0.1) is 11.3 Å². The predicted octanol–water partition coefficient (Wildman–Crippen LogP) is 5.13. The van der Waals surface area contributed by atoms with Crippen molar-refractivity contribution in [1.29, 1.82) is 0 Å². The summed E-state index contributed by atoms with van der Waals surface area (Å²) in [4.78, 5) is 41.1. The number of rotatable bonds is 4. The third kappa shape index (κ3) is 5.22. The molecule has 2 aliphatic heterocycles. The fraction of sp³-hybridized carbons (Fsp3) is 0.375. The molecule has 0 aromatic heterocycles. The third-order valence-corrected chi connectivity index (χ3v) is 6.09. The molecule has 2 heterocycles. The van der Waals surface area contributed by atoms with Crippen LogP contribution in [0.4, 0.5) is 21.9 Å². The molecule has 0 unspecified atom stereocenters. The van der Waals surface area contributed by atoms with Gasteiger partial charge in [-0.15, -0.1) is 0 Å². The quantitative estimate of drug-likeness (QED) is 0.672. The zero-order valence-electron chi connectivity index (χ0n) is 17.9. The number of hydrogen-bond donors (Lipinski definition) is 2. The van der Waals surface area contributed by atoms with Crippen LogP contribution in [0.15, 0.2) is 42.5 Å². The van der Waals surface area contributed by atoms with Crippen molar-refractivity contribution >= 4 is 46.5 Å². The second-order valence-corrected chi connectivity index (χ2v) is 8.61. The molecule has 2 aromatic rings. The van der Waals surface area contributed by atoms with Gasteiger partial charge in [-0.25, -0.2) is 4.79 Å². The number of hydrogen-bond acceptors (Lipinski definition) is 3. The molecule has 168 valence electrons. The Hall–Kier alpha value is -3.06. The van der Waals surface area contributed by atoms with Gasteiger partial charge in [-0.05, 0) is 61.7 Å². The van der Waals surface area contributed by atoms with Crippen molar-refractivity contribution in [2.24, 2.45) is 0 Å². The van der Waals surface area contributed by atoms with Crippen molar-refractivity contribution in [3.8, 4) is 0 Å². The van der Waals surface area contributed by atoms with E-state index in [0.29, 0.717) is 40.6 Å². The SMILES string of the molecule is O=C(Nc1ccc(NC(=O)N2CCCCCC2)cc1)c1ccc(Cl)cc1N1CCCC1=O. The van der Waals surface area contributed by atoms with Crippen LogP contribution in [0.2, 0.25) is 5.02 Å². The van der Waals surface area contributed by atoms with Crippen LogP contribution < -0.4 is 15.5 Å². The van der Waals surface area contributed by atoms with Gasteiger partial charge >= 0.3 is 6.03 Å². The lowest BCUT2D eigenvalue weighted by molar-refractivity contribution is -0.117. The number of nitrogens with zero attached hydrogens (tertiary/aromatic N) is 2. The van der Waals surface area contributed by atoms with Gasteiger partial charge in [0, 0.05) is 42.5 Å². The Morgan fingerprint density at radius 1 is 0.812 bits per heavy atom. The highest BCUT2D eigenvalue weighted by Crippen LogP contribution is 2.29. The Labute approximate surface area is 192 Å². The summed E-state index contributed by atoms with van der Waals surface area (Å²) in [6, 6.07) is 11.8. The van der Waals surface area contributed by atoms with Gasteiger partial charge in [0.1, 0.15) is 0 Å². The molecule has 2 aromatic carbocycles. The van der Waals surface area contributed by atoms with Gasteiger partial charge < -0.3 is 20.4 Å². The van der Waals surface area contributed by atoms with Crippen molar-refractivity contribution in [2.75, 3.05) is 35.2 Å². The summed E-state index contributed by atoms with van der Waals surface area (Å²) in [6.07, 6.45) is 5.64. The van der Waals surface area contributed by atoms with Gasteiger partial charge in [0.25, 0.3) is 5.91 Å². The smallest absolute Gasteiger partial charge is 0.321 e. The maximum Gasteiger partial charge on any atom is 0.321 e. The number of urea groups is 1. The Morgan fingerprint density at radius 3 is 2.09 bits per heavy atom. The first-order chi connectivity index (χ1) is 15.5. The van der Waals surface area contributed by atoms with Crippen LogP contribution in [-0.2, 0) is 4.79 Å². The molecule has 2 fully saturated rings. The Balaban J connectivity index is 1.42. The number of amides is 4. The number of likely N-dealkylation sites (tertiary alicyclic amines) is 1. The molecule has 0 aliphatic carbocycles. The molecule has 8 heteroatoms. The molecule has 0 spiro atoms. The molecule has 7 nitrogen and oxygen atoms in total. The summed E-state index contributed by atoms with van der Waals surface area (Å²) in [7, 11) is 0. The highest BCUT2D eigenvalue weighted by atomic mass is 35.5. The van der Waals surface area contributed by atoms with Crippen molar-refractivity contribution in [1.82, 2.24) is 4.90 Å². The Morgan fingerprint density at radius 2 is 1.47 bits per heavy atom. The van der Waals surface area contributed by atoms with E-state index in [1.54, 1.807) is 47.4 Å². The number of benzene rings is 2. The highest BCUT2D eigenvalue weighted by Gasteiger charge is 2.26. The Kier molecular flexibility index (Phi) is 6.95. The van der Waals surface area contributed by atoms with Crippen LogP contribution in [0.25, 0.3) is 0 Å². The van der Waals surface area contributed by atoms with E-state index in [-0.39, 0.29) is 17.8 Å². The Bertz CT molecular complexity index is 1000. The summed E-state index contributed by atoms with van der Waals surface area (Å²) >= 11 is 6.12. The molecule has 2 N–H and O–H groups in total. The van der Waals surface area contributed by atoms with Gasteiger partial charge in [0.2, 0.25) is 5.91 Å². The molecule has 2 saturated heterocycles. The lowest BCUT2D eigenvalue weighted by Crippen LogP contribution is -2.35. The zero-order chi connectivity index (χ0) is 22.5. The van der Waals surface area contributed by atoms with E-state index in [4.69, 9.17) is 11.6 Å². The molecular formula is C24H27ClN4O3. The summed E-state index contributed by atoms with van der Waals surface area (Å²) in [6.45, 7) is 2.14. The maximum absolute atomic E-state index is 12.9. The third-order valence-electron chi connectivity index (χ3n) is 5.86. The van der Waals surface area contributed by atoms with Crippen molar-refractivity contribution in [2.45, 2.75) is 38.5 Å². The normalized spacial score (nSPS) is 16.6. The van der Waals surface area contributed by atoms with E-state index in [1.165, 1.54) is 12.8 Å². The molecule has 32 heavy (non-hydrogen) atoms. The molecular weight excluding hydrogens is 428 g/mol. The van der Waals surface area contributed by atoms with Crippen LogP contribution in [0.3, 0.4) is 0 Å². The second kappa shape index (κ2) is 10.0. The molecule has 0 atom stereocenters. The largest absolute Gasteiger partial charge is 0.325 e. The van der Waals surface area contributed by atoms with Crippen molar-refractivity contribution in [3.05, 3.63) is 53.1 Å². The minimum atomic E-state index is -0.322. The molecule has 0 saturated carbocycles. The highest BCUT2D eigenvalue weighted by molar-refractivity contribution is 6.31. The van der Waals surface area contributed by atoms with Crippen LogP contribution >= 0.6 is 11.6 Å². The van der Waals surface area contributed by atoms with E-state index in [2.05, 4.69) is 10.6 Å². The molecule has 2 aliphatic rings. The number of carbonyl (C=O) groups is 3. The van der Waals surface area contributed by atoms with Crippen LogP contribution in [0.5, 0.6) is 0 Å². The van der Waals surface area contributed by atoms with Crippen LogP contribution in [-0.4, -0.2) is 42.4 Å². The number of anilines is 3. The summed E-state index contributed by atoms with van der Waals surface area (Å²) in [5.74, 6) is -0.330. The molecule has 4 amide bonds. The molecule has 4 rings (SSSR count). The summed E-state index contributed by atoms with van der Waals surface area (Å²) in [5.41, 5.74) is 2.19. The molecule has 0 bridgehead atoms. The fourth-order valence-electron chi connectivity index (χ4n) is 4.13. The number of carbonyl (C=O) groups excluding carboxylic acids is 3. The minimum absolute atomic E-state index is 0.00850. The van der Waals surface area contributed by atoms with E-state index in [0.717, 1.165) is 32.4 Å². The standard InChI is InChI=1S/C24H27ClN4O3/c25-17-7-12-20(21(16-17)29-15-5-6-22(29)30)23(31)26-18-8-10-19(11-9-18)27-24(32)28-13-3-1-2-4-14-28/h7-12,16H,1-6,13-15H2,(H,26,31)(H,27,32). The summed E-state index contributed by atoms with van der Waals surface area (Å²) < 4.78 is 0. The monoisotopic (exact) mass is 454 g/mol. The minimum Gasteiger partial charge on any atom is -0.325 e. The van der Waals surface area contributed by atoms with E-state index >= 15 is 0 Å². The lowest BCUT2D eigenvalue weighted by Gasteiger charge is -2.21. The maximum atomic E-state index is 12.9. The number of nitrogens with one attached hydrogen (secondary N) is 2. The fourth-order valence-corrected chi connectivity index (χ4v) is 4.30. The van der Waals surface area contributed by atoms with Crippen LogP contribution in [0, 0.1) is 0 Å². The van der Waals surface area contributed by atoms with Gasteiger partial charge in [-0.2, -0.15) is 0 Å². The predicted molar refractivity (Wildman–Crippen MR) is 126 cm³/mol. The first-order valence-electron chi connectivity index (χ1n) is 11.1. The van der Waals surface area contributed by atoms with Crippen molar-refractivity contribution < 1.29 is 14.4 Å².